The number of carbonyl (C=O) groups is 1. The van der Waals surface area contributed by atoms with Crippen LogP contribution in [-0.4, -0.2) is 36.6 Å². The number of ether oxygens (including phenoxy) is 2. The molecule has 0 radical (unpaired) electrons. The van der Waals surface area contributed by atoms with Gasteiger partial charge in [-0.3, -0.25) is 4.79 Å². The number of aromatic amines is 1. The fourth-order valence-corrected chi connectivity index (χ4v) is 1.83. The SMILES string of the molecule is COc1ccc(CCNC(=O)c2cnc[nH]2)cc1OC. The highest BCUT2D eigenvalue weighted by atomic mass is 16.5. The van der Waals surface area contributed by atoms with Gasteiger partial charge in [-0.1, -0.05) is 6.07 Å². The molecule has 6 nitrogen and oxygen atoms in total. The maximum atomic E-state index is 11.7. The highest BCUT2D eigenvalue weighted by Gasteiger charge is 2.07. The molecule has 0 saturated carbocycles. The molecule has 0 aliphatic heterocycles. The number of hydrogen-bond acceptors (Lipinski definition) is 4. The number of imidazole rings is 1. The number of aromatic nitrogens is 2. The number of nitrogens with zero attached hydrogens (tertiary/aromatic N) is 1. The zero-order valence-electron chi connectivity index (χ0n) is 11.5. The molecule has 1 heterocycles. The van der Waals surface area contributed by atoms with Crippen molar-refractivity contribution in [2.45, 2.75) is 6.42 Å². The molecule has 0 bridgehead atoms. The lowest BCUT2D eigenvalue weighted by atomic mass is 10.1. The maximum Gasteiger partial charge on any atom is 0.269 e. The lowest BCUT2D eigenvalue weighted by molar-refractivity contribution is 0.0949. The van der Waals surface area contributed by atoms with Crippen LogP contribution < -0.4 is 14.8 Å². The highest BCUT2D eigenvalue weighted by Crippen LogP contribution is 2.27. The van der Waals surface area contributed by atoms with Gasteiger partial charge in [-0.2, -0.15) is 0 Å². The van der Waals surface area contributed by atoms with Gasteiger partial charge < -0.3 is 19.8 Å². The van der Waals surface area contributed by atoms with E-state index < -0.39 is 0 Å². The Kier molecular flexibility index (Phi) is 4.60. The van der Waals surface area contributed by atoms with Gasteiger partial charge in [0.25, 0.3) is 5.91 Å². The molecule has 0 saturated heterocycles. The first kappa shape index (κ1) is 13.9. The van der Waals surface area contributed by atoms with Crippen LogP contribution in [0.2, 0.25) is 0 Å². The molecule has 0 spiro atoms. The Labute approximate surface area is 117 Å². The molecule has 1 aromatic heterocycles. The summed E-state index contributed by atoms with van der Waals surface area (Å²) in [6.07, 6.45) is 3.68. The van der Waals surface area contributed by atoms with Gasteiger partial charge in [-0.15, -0.1) is 0 Å². The summed E-state index contributed by atoms with van der Waals surface area (Å²) in [5.41, 5.74) is 1.52. The van der Waals surface area contributed by atoms with E-state index in [9.17, 15) is 4.79 Å². The van der Waals surface area contributed by atoms with Gasteiger partial charge in [-0.05, 0) is 24.1 Å². The molecule has 2 rings (SSSR count). The van der Waals surface area contributed by atoms with Crippen LogP contribution in [0, 0.1) is 0 Å². The van der Waals surface area contributed by atoms with Crippen molar-refractivity contribution < 1.29 is 14.3 Å². The molecule has 0 aliphatic rings. The number of amides is 1. The Balaban J connectivity index is 1.89. The molecule has 2 aromatic rings. The van der Waals surface area contributed by atoms with Crippen LogP contribution in [0.3, 0.4) is 0 Å². The number of nitrogens with one attached hydrogen (secondary N) is 2. The summed E-state index contributed by atoms with van der Waals surface area (Å²) >= 11 is 0. The van der Waals surface area contributed by atoms with Crippen molar-refractivity contribution >= 4 is 5.91 Å². The molecule has 0 unspecified atom stereocenters. The van der Waals surface area contributed by atoms with Gasteiger partial charge in [0.05, 0.1) is 26.7 Å². The van der Waals surface area contributed by atoms with E-state index in [1.54, 1.807) is 14.2 Å². The molecule has 2 N–H and O–H groups in total. The molecule has 20 heavy (non-hydrogen) atoms. The lowest BCUT2D eigenvalue weighted by Gasteiger charge is -2.09. The van der Waals surface area contributed by atoms with Gasteiger partial charge in [0, 0.05) is 6.54 Å². The van der Waals surface area contributed by atoms with E-state index in [1.165, 1.54) is 12.5 Å². The Bertz CT molecular complexity index is 567. The number of rotatable bonds is 6. The van der Waals surface area contributed by atoms with Gasteiger partial charge in [0.15, 0.2) is 11.5 Å². The van der Waals surface area contributed by atoms with E-state index in [0.717, 1.165) is 5.56 Å². The van der Waals surface area contributed by atoms with E-state index in [4.69, 9.17) is 9.47 Å². The van der Waals surface area contributed by atoms with Gasteiger partial charge >= 0.3 is 0 Å². The smallest absolute Gasteiger partial charge is 0.269 e. The zero-order valence-corrected chi connectivity index (χ0v) is 11.5. The van der Waals surface area contributed by atoms with E-state index in [2.05, 4.69) is 15.3 Å². The minimum absolute atomic E-state index is 0.164. The monoisotopic (exact) mass is 275 g/mol. The molecular weight excluding hydrogens is 258 g/mol. The number of methoxy groups -OCH3 is 2. The molecule has 1 amide bonds. The first-order valence-electron chi connectivity index (χ1n) is 6.22. The molecule has 0 atom stereocenters. The van der Waals surface area contributed by atoms with Gasteiger partial charge in [-0.25, -0.2) is 4.98 Å². The topological polar surface area (TPSA) is 76.2 Å². The van der Waals surface area contributed by atoms with Crippen molar-refractivity contribution in [3.8, 4) is 11.5 Å². The summed E-state index contributed by atoms with van der Waals surface area (Å²) in [5, 5.41) is 2.82. The Morgan fingerprint density at radius 3 is 2.75 bits per heavy atom. The maximum absolute atomic E-state index is 11.7. The summed E-state index contributed by atoms with van der Waals surface area (Å²) in [6, 6.07) is 5.70. The summed E-state index contributed by atoms with van der Waals surface area (Å²) < 4.78 is 10.4. The molecule has 1 aromatic carbocycles. The van der Waals surface area contributed by atoms with Crippen molar-refractivity contribution in [2.24, 2.45) is 0 Å². The van der Waals surface area contributed by atoms with Crippen molar-refractivity contribution in [3.05, 3.63) is 42.0 Å². The average molecular weight is 275 g/mol. The second kappa shape index (κ2) is 6.60. The fourth-order valence-electron chi connectivity index (χ4n) is 1.83. The van der Waals surface area contributed by atoms with Crippen LogP contribution in [-0.2, 0) is 6.42 Å². The van der Waals surface area contributed by atoms with Gasteiger partial charge in [0.2, 0.25) is 0 Å². The van der Waals surface area contributed by atoms with Crippen LogP contribution in [0.4, 0.5) is 0 Å². The number of carbonyl (C=O) groups excluding carboxylic acids is 1. The van der Waals surface area contributed by atoms with Gasteiger partial charge in [0.1, 0.15) is 5.69 Å². The van der Waals surface area contributed by atoms with Crippen molar-refractivity contribution in [1.29, 1.82) is 0 Å². The minimum atomic E-state index is -0.164. The molecular formula is C14H17N3O3. The minimum Gasteiger partial charge on any atom is -0.493 e. The highest BCUT2D eigenvalue weighted by molar-refractivity contribution is 5.91. The Morgan fingerprint density at radius 1 is 1.30 bits per heavy atom. The van der Waals surface area contributed by atoms with Crippen LogP contribution in [0.25, 0.3) is 0 Å². The second-order valence-corrected chi connectivity index (χ2v) is 4.16. The summed E-state index contributed by atoms with van der Waals surface area (Å²) in [4.78, 5) is 18.3. The predicted octanol–water partition coefficient (Wildman–Crippen LogP) is 1.40. The quantitative estimate of drug-likeness (QED) is 0.835. The van der Waals surface area contributed by atoms with E-state index in [0.29, 0.717) is 30.2 Å². The van der Waals surface area contributed by atoms with Crippen molar-refractivity contribution in [1.82, 2.24) is 15.3 Å². The first-order valence-corrected chi connectivity index (χ1v) is 6.22. The molecule has 106 valence electrons. The fraction of sp³-hybridized carbons (Fsp3) is 0.286. The van der Waals surface area contributed by atoms with Crippen LogP contribution >= 0.6 is 0 Å². The Morgan fingerprint density at radius 2 is 2.10 bits per heavy atom. The number of H-pyrrole nitrogens is 1. The standard InChI is InChI=1S/C14H17N3O3/c1-19-12-4-3-10(7-13(12)20-2)5-6-16-14(18)11-8-15-9-17-11/h3-4,7-9H,5-6H2,1-2H3,(H,15,17)(H,16,18). The predicted molar refractivity (Wildman–Crippen MR) is 74.2 cm³/mol. The number of hydrogen-bond donors (Lipinski definition) is 2. The van der Waals surface area contributed by atoms with E-state index >= 15 is 0 Å². The van der Waals surface area contributed by atoms with Crippen molar-refractivity contribution in [3.63, 3.8) is 0 Å². The molecule has 0 fully saturated rings. The first-order chi connectivity index (χ1) is 9.74. The summed E-state index contributed by atoms with van der Waals surface area (Å²) in [6.45, 7) is 0.535. The third kappa shape index (κ3) is 3.28. The Hall–Kier alpha value is -2.50. The van der Waals surface area contributed by atoms with Crippen LogP contribution in [0.5, 0.6) is 11.5 Å². The molecule has 0 aliphatic carbocycles. The lowest BCUT2D eigenvalue weighted by Crippen LogP contribution is -2.25. The summed E-state index contributed by atoms with van der Waals surface area (Å²) in [7, 11) is 3.20. The van der Waals surface area contributed by atoms with E-state index in [-0.39, 0.29) is 5.91 Å². The third-order valence-electron chi connectivity index (χ3n) is 2.89. The van der Waals surface area contributed by atoms with Crippen LogP contribution in [0.15, 0.2) is 30.7 Å². The largest absolute Gasteiger partial charge is 0.493 e. The number of benzene rings is 1. The third-order valence-corrected chi connectivity index (χ3v) is 2.89. The zero-order chi connectivity index (χ0) is 14.4. The normalized spacial score (nSPS) is 10.1. The molecule has 6 heteroatoms. The average Bonchev–Trinajstić information content (AvgIpc) is 3.01. The van der Waals surface area contributed by atoms with Crippen molar-refractivity contribution in [2.75, 3.05) is 20.8 Å². The summed E-state index contributed by atoms with van der Waals surface area (Å²) in [5.74, 6) is 1.21. The van der Waals surface area contributed by atoms with E-state index in [1.807, 2.05) is 18.2 Å². The van der Waals surface area contributed by atoms with Crippen LogP contribution in [0.1, 0.15) is 16.1 Å². The second-order valence-electron chi connectivity index (χ2n) is 4.16.